The van der Waals surface area contributed by atoms with E-state index in [1.165, 1.54) is 11.3 Å². The number of halogens is 1. The zero-order valence-corrected chi connectivity index (χ0v) is 14.7. The minimum atomic E-state index is -3.29. The molecule has 0 spiro atoms. The van der Waals surface area contributed by atoms with Crippen molar-refractivity contribution < 1.29 is 8.42 Å². The lowest BCUT2D eigenvalue weighted by atomic mass is 9.87. The summed E-state index contributed by atoms with van der Waals surface area (Å²) in [7, 11) is -3.29. The largest absolute Gasteiger partial charge is 0.252 e. The summed E-state index contributed by atoms with van der Waals surface area (Å²) in [6.07, 6.45) is 1.95. The van der Waals surface area contributed by atoms with Crippen LogP contribution in [0.3, 0.4) is 0 Å². The van der Waals surface area contributed by atoms with Gasteiger partial charge in [-0.2, -0.15) is 4.31 Å². The Bertz CT molecular complexity index is 523. The van der Waals surface area contributed by atoms with E-state index >= 15 is 0 Å². The Morgan fingerprint density at radius 2 is 1.95 bits per heavy atom. The molecule has 19 heavy (non-hydrogen) atoms. The van der Waals surface area contributed by atoms with Crippen LogP contribution in [0.25, 0.3) is 0 Å². The Morgan fingerprint density at radius 1 is 1.37 bits per heavy atom. The predicted octanol–water partition coefficient (Wildman–Crippen LogP) is 3.88. The minimum Gasteiger partial charge on any atom is -0.206 e. The second-order valence-corrected chi connectivity index (χ2v) is 10.0. The number of rotatable bonds is 3. The van der Waals surface area contributed by atoms with Crippen LogP contribution in [0, 0.1) is 18.8 Å². The molecule has 0 amide bonds. The number of hydrogen-bond donors (Lipinski definition) is 0. The van der Waals surface area contributed by atoms with E-state index in [2.05, 4.69) is 29.8 Å². The zero-order valence-electron chi connectivity index (χ0n) is 11.5. The van der Waals surface area contributed by atoms with E-state index in [4.69, 9.17) is 0 Å². The van der Waals surface area contributed by atoms with E-state index in [0.29, 0.717) is 29.1 Å². The fourth-order valence-electron chi connectivity index (χ4n) is 2.47. The Hall–Kier alpha value is 0.0900. The summed E-state index contributed by atoms with van der Waals surface area (Å²) in [6, 6.07) is 1.76. The molecular weight excluding hydrogens is 346 g/mol. The molecule has 3 nitrogen and oxygen atoms in total. The molecule has 0 aliphatic carbocycles. The maximum absolute atomic E-state index is 12.5. The molecule has 108 valence electrons. The van der Waals surface area contributed by atoms with Crippen molar-refractivity contribution >= 4 is 37.3 Å². The molecule has 2 rings (SSSR count). The maximum Gasteiger partial charge on any atom is 0.252 e. The first-order valence-corrected chi connectivity index (χ1v) is 9.63. The number of thiophene rings is 1. The molecular formula is C13H20BrNO2S2. The van der Waals surface area contributed by atoms with Gasteiger partial charge in [-0.05, 0) is 59.2 Å². The van der Waals surface area contributed by atoms with Crippen LogP contribution in [-0.2, 0) is 10.0 Å². The monoisotopic (exact) mass is 365 g/mol. The lowest BCUT2D eigenvalue weighted by molar-refractivity contribution is 0.227. The second-order valence-electron chi connectivity index (χ2n) is 5.51. The van der Waals surface area contributed by atoms with Crippen LogP contribution in [0.15, 0.2) is 14.1 Å². The first-order chi connectivity index (χ1) is 8.82. The van der Waals surface area contributed by atoms with Gasteiger partial charge in [-0.25, -0.2) is 8.42 Å². The number of sulfonamides is 1. The second kappa shape index (κ2) is 5.84. The average Bonchev–Trinajstić information content (AvgIpc) is 2.70. The van der Waals surface area contributed by atoms with Crippen LogP contribution in [0.2, 0.25) is 0 Å². The third kappa shape index (κ3) is 3.23. The Kier molecular flexibility index (Phi) is 4.75. The van der Waals surface area contributed by atoms with Gasteiger partial charge in [0.2, 0.25) is 0 Å². The molecule has 2 heterocycles. The molecule has 0 N–H and O–H groups in total. The van der Waals surface area contributed by atoms with Gasteiger partial charge in [0.25, 0.3) is 10.0 Å². The molecule has 1 saturated heterocycles. The van der Waals surface area contributed by atoms with Crippen molar-refractivity contribution in [1.82, 2.24) is 4.31 Å². The summed E-state index contributed by atoms with van der Waals surface area (Å²) in [6.45, 7) is 7.66. The smallest absolute Gasteiger partial charge is 0.206 e. The highest BCUT2D eigenvalue weighted by Gasteiger charge is 2.31. The van der Waals surface area contributed by atoms with E-state index in [1.807, 2.05) is 6.92 Å². The van der Waals surface area contributed by atoms with Crippen LogP contribution in [0.1, 0.15) is 32.3 Å². The molecule has 6 heteroatoms. The van der Waals surface area contributed by atoms with Gasteiger partial charge in [-0.15, -0.1) is 11.3 Å². The van der Waals surface area contributed by atoms with E-state index in [1.54, 1.807) is 10.4 Å². The van der Waals surface area contributed by atoms with E-state index in [9.17, 15) is 8.42 Å². The molecule has 0 aromatic carbocycles. The van der Waals surface area contributed by atoms with Crippen molar-refractivity contribution in [2.45, 2.75) is 37.8 Å². The predicted molar refractivity (Wildman–Crippen MR) is 83.1 cm³/mol. The van der Waals surface area contributed by atoms with Gasteiger partial charge in [-0.1, -0.05) is 13.8 Å². The molecule has 0 atom stereocenters. The first kappa shape index (κ1) is 15.5. The minimum absolute atomic E-state index is 0.458. The van der Waals surface area contributed by atoms with E-state index in [-0.39, 0.29) is 0 Å². The Morgan fingerprint density at radius 3 is 2.37 bits per heavy atom. The van der Waals surface area contributed by atoms with Crippen LogP contribution in [0.5, 0.6) is 0 Å². The highest BCUT2D eigenvalue weighted by atomic mass is 79.9. The van der Waals surface area contributed by atoms with Crippen molar-refractivity contribution in [1.29, 1.82) is 0 Å². The lowest BCUT2D eigenvalue weighted by Gasteiger charge is -2.32. The Balaban J connectivity index is 2.14. The topological polar surface area (TPSA) is 37.4 Å². The van der Waals surface area contributed by atoms with Crippen molar-refractivity contribution in [2.24, 2.45) is 11.8 Å². The summed E-state index contributed by atoms with van der Waals surface area (Å²) in [5, 5.41) is 0. The van der Waals surface area contributed by atoms with E-state index < -0.39 is 10.0 Å². The summed E-state index contributed by atoms with van der Waals surface area (Å²) in [4.78, 5) is 0. The number of nitrogens with zero attached hydrogens (tertiary/aromatic N) is 1. The third-order valence-corrected chi connectivity index (χ3v) is 8.35. The van der Waals surface area contributed by atoms with Crippen molar-refractivity contribution in [3.8, 4) is 0 Å². The molecule has 0 saturated carbocycles. The van der Waals surface area contributed by atoms with Gasteiger partial charge in [0, 0.05) is 13.1 Å². The summed E-state index contributed by atoms with van der Waals surface area (Å²) in [5.41, 5.74) is 0.987. The molecule has 0 bridgehead atoms. The number of aryl methyl sites for hydroxylation is 1. The van der Waals surface area contributed by atoms with Crippen LogP contribution < -0.4 is 0 Å². The van der Waals surface area contributed by atoms with Crippen molar-refractivity contribution in [3.63, 3.8) is 0 Å². The first-order valence-electron chi connectivity index (χ1n) is 6.58. The molecule has 1 aromatic heterocycles. The number of piperidine rings is 1. The van der Waals surface area contributed by atoms with Gasteiger partial charge in [0.05, 0.1) is 3.79 Å². The van der Waals surface area contributed by atoms with Gasteiger partial charge in [0.15, 0.2) is 0 Å². The zero-order chi connectivity index (χ0) is 14.2. The van der Waals surface area contributed by atoms with Gasteiger partial charge in [0.1, 0.15) is 4.21 Å². The molecule has 1 aromatic rings. The van der Waals surface area contributed by atoms with Crippen molar-refractivity contribution in [3.05, 3.63) is 15.4 Å². The highest BCUT2D eigenvalue weighted by molar-refractivity contribution is 9.11. The average molecular weight is 366 g/mol. The summed E-state index contributed by atoms with van der Waals surface area (Å²) in [5.74, 6) is 1.30. The fraction of sp³-hybridized carbons (Fsp3) is 0.692. The molecule has 1 aliphatic heterocycles. The van der Waals surface area contributed by atoms with Gasteiger partial charge < -0.3 is 0 Å². The van der Waals surface area contributed by atoms with Crippen molar-refractivity contribution in [2.75, 3.05) is 13.1 Å². The number of hydrogen-bond acceptors (Lipinski definition) is 3. The summed E-state index contributed by atoms with van der Waals surface area (Å²) < 4.78 is 28.1. The summed E-state index contributed by atoms with van der Waals surface area (Å²) >= 11 is 4.71. The molecule has 0 unspecified atom stereocenters. The SMILES string of the molecule is Cc1cc(S(=O)(=O)N2CCC(C(C)C)CC2)sc1Br. The maximum atomic E-state index is 12.5. The molecule has 1 aliphatic rings. The molecule has 1 fully saturated rings. The fourth-order valence-corrected chi connectivity index (χ4v) is 6.32. The quantitative estimate of drug-likeness (QED) is 0.814. The normalized spacial score (nSPS) is 19.2. The molecule has 0 radical (unpaired) electrons. The van der Waals surface area contributed by atoms with E-state index in [0.717, 1.165) is 22.2 Å². The third-order valence-electron chi connectivity index (χ3n) is 3.87. The lowest BCUT2D eigenvalue weighted by Crippen LogP contribution is -2.39. The highest BCUT2D eigenvalue weighted by Crippen LogP contribution is 2.34. The Labute approximate surface area is 128 Å². The van der Waals surface area contributed by atoms with Gasteiger partial charge in [-0.3, -0.25) is 0 Å². The standard InChI is InChI=1S/C13H20BrNO2S2/c1-9(2)11-4-6-15(7-5-11)19(16,17)12-8-10(3)13(14)18-12/h8-9,11H,4-7H2,1-3H3. The van der Waals surface area contributed by atoms with Crippen LogP contribution in [0.4, 0.5) is 0 Å². The van der Waals surface area contributed by atoms with Crippen LogP contribution in [-0.4, -0.2) is 25.8 Å². The van der Waals surface area contributed by atoms with Gasteiger partial charge >= 0.3 is 0 Å². The van der Waals surface area contributed by atoms with Crippen LogP contribution >= 0.6 is 27.3 Å².